The number of fused-ring (bicyclic) bond motifs is 2. The standard InChI is InChI=1S/C15H10FNO3S/c1-7-4-9-13(10(16)5-7)21-12-3-2-8(15(19)20)6-11(12)17-14(9)18/h2-6H,1H3,(H,17,18)(H,19,20). The highest BCUT2D eigenvalue weighted by Crippen LogP contribution is 2.40. The molecule has 2 aromatic rings. The van der Waals surface area contributed by atoms with Gasteiger partial charge in [0.1, 0.15) is 5.82 Å². The molecule has 0 unspecified atom stereocenters. The summed E-state index contributed by atoms with van der Waals surface area (Å²) in [6.45, 7) is 1.71. The molecule has 0 saturated carbocycles. The normalized spacial score (nSPS) is 13.0. The van der Waals surface area contributed by atoms with E-state index in [1.165, 1.54) is 18.2 Å². The van der Waals surface area contributed by atoms with Crippen LogP contribution in [0.15, 0.2) is 40.1 Å². The SMILES string of the molecule is Cc1cc(F)c2c(c1)C(=O)Nc1cc(C(=O)O)ccc1S2. The molecule has 4 nitrogen and oxygen atoms in total. The number of carboxylic acids is 1. The van der Waals surface area contributed by atoms with Gasteiger partial charge in [0.15, 0.2) is 0 Å². The molecule has 106 valence electrons. The van der Waals surface area contributed by atoms with Gasteiger partial charge in [-0.2, -0.15) is 0 Å². The quantitative estimate of drug-likeness (QED) is 0.845. The van der Waals surface area contributed by atoms with E-state index < -0.39 is 17.7 Å². The summed E-state index contributed by atoms with van der Waals surface area (Å²) in [5, 5.41) is 11.6. The summed E-state index contributed by atoms with van der Waals surface area (Å²) < 4.78 is 14.1. The van der Waals surface area contributed by atoms with Crippen LogP contribution in [0.5, 0.6) is 0 Å². The Balaban J connectivity index is 2.16. The van der Waals surface area contributed by atoms with Crippen LogP contribution < -0.4 is 5.32 Å². The first-order valence-corrected chi connectivity index (χ1v) is 6.94. The Morgan fingerprint density at radius 3 is 2.76 bits per heavy atom. The van der Waals surface area contributed by atoms with Gasteiger partial charge in [-0.05, 0) is 42.8 Å². The maximum absolute atomic E-state index is 14.1. The summed E-state index contributed by atoms with van der Waals surface area (Å²) in [6.07, 6.45) is 0. The van der Waals surface area contributed by atoms with Crippen LogP contribution in [0.4, 0.5) is 10.1 Å². The number of anilines is 1. The van der Waals surface area contributed by atoms with Gasteiger partial charge in [-0.15, -0.1) is 0 Å². The highest BCUT2D eigenvalue weighted by Gasteiger charge is 2.24. The van der Waals surface area contributed by atoms with Gasteiger partial charge in [-0.1, -0.05) is 11.8 Å². The van der Waals surface area contributed by atoms with Crippen molar-refractivity contribution in [1.82, 2.24) is 0 Å². The van der Waals surface area contributed by atoms with Gasteiger partial charge in [-0.25, -0.2) is 9.18 Å². The molecule has 3 rings (SSSR count). The fourth-order valence-electron chi connectivity index (χ4n) is 2.15. The summed E-state index contributed by atoms with van der Waals surface area (Å²) in [4.78, 5) is 24.1. The number of aromatic carboxylic acids is 1. The molecule has 0 radical (unpaired) electrons. The van der Waals surface area contributed by atoms with E-state index >= 15 is 0 Å². The van der Waals surface area contributed by atoms with Crippen molar-refractivity contribution in [2.45, 2.75) is 16.7 Å². The third-order valence-electron chi connectivity index (χ3n) is 3.12. The molecule has 6 heteroatoms. The number of hydrogen-bond acceptors (Lipinski definition) is 3. The van der Waals surface area contributed by atoms with Crippen molar-refractivity contribution in [1.29, 1.82) is 0 Å². The molecule has 1 aliphatic rings. The summed E-state index contributed by atoms with van der Waals surface area (Å²) in [6, 6.07) is 7.36. The Morgan fingerprint density at radius 1 is 1.29 bits per heavy atom. The molecule has 1 amide bonds. The second-order valence-electron chi connectivity index (χ2n) is 4.70. The van der Waals surface area contributed by atoms with E-state index in [4.69, 9.17) is 5.11 Å². The topological polar surface area (TPSA) is 66.4 Å². The average molecular weight is 303 g/mol. The lowest BCUT2D eigenvalue weighted by Gasteiger charge is -2.06. The second-order valence-corrected chi connectivity index (χ2v) is 5.75. The number of halogens is 1. The van der Waals surface area contributed by atoms with Crippen LogP contribution in [0, 0.1) is 12.7 Å². The van der Waals surface area contributed by atoms with Crippen LogP contribution in [0.3, 0.4) is 0 Å². The van der Waals surface area contributed by atoms with Crippen LogP contribution in [-0.2, 0) is 0 Å². The third-order valence-corrected chi connectivity index (χ3v) is 4.31. The molecule has 2 N–H and O–H groups in total. The van der Waals surface area contributed by atoms with Crippen molar-refractivity contribution in [3.8, 4) is 0 Å². The van der Waals surface area contributed by atoms with E-state index in [-0.39, 0.29) is 16.0 Å². The average Bonchev–Trinajstić information content (AvgIpc) is 2.55. The van der Waals surface area contributed by atoms with Gasteiger partial charge in [0.05, 0.1) is 21.7 Å². The first-order chi connectivity index (χ1) is 9.95. The number of benzene rings is 2. The minimum atomic E-state index is -1.08. The highest BCUT2D eigenvalue weighted by atomic mass is 32.2. The minimum absolute atomic E-state index is 0.0669. The van der Waals surface area contributed by atoms with Crippen LogP contribution in [0.25, 0.3) is 0 Å². The van der Waals surface area contributed by atoms with Crippen molar-refractivity contribution in [3.63, 3.8) is 0 Å². The van der Waals surface area contributed by atoms with Gasteiger partial charge < -0.3 is 10.4 Å². The molecule has 21 heavy (non-hydrogen) atoms. The Bertz CT molecular complexity index is 789. The number of nitrogens with one attached hydrogen (secondary N) is 1. The molecule has 2 aromatic carbocycles. The molecule has 0 aromatic heterocycles. The Labute approximate surface area is 124 Å². The number of carbonyl (C=O) groups is 2. The molecular weight excluding hydrogens is 293 g/mol. The van der Waals surface area contributed by atoms with E-state index in [1.54, 1.807) is 19.1 Å². The number of rotatable bonds is 1. The molecule has 0 atom stereocenters. The third kappa shape index (κ3) is 2.38. The molecule has 0 fully saturated rings. The summed E-state index contributed by atoms with van der Waals surface area (Å²) >= 11 is 1.11. The van der Waals surface area contributed by atoms with Gasteiger partial charge in [-0.3, -0.25) is 4.79 Å². The molecule has 1 aliphatic heterocycles. The van der Waals surface area contributed by atoms with Crippen molar-refractivity contribution in [2.75, 3.05) is 5.32 Å². The predicted octanol–water partition coefficient (Wildman–Crippen LogP) is 3.55. The molecular formula is C15H10FNO3S. The maximum Gasteiger partial charge on any atom is 0.335 e. The number of hydrogen-bond donors (Lipinski definition) is 2. The lowest BCUT2D eigenvalue weighted by Crippen LogP contribution is -2.13. The van der Waals surface area contributed by atoms with E-state index in [0.717, 1.165) is 11.8 Å². The smallest absolute Gasteiger partial charge is 0.335 e. The highest BCUT2D eigenvalue weighted by molar-refractivity contribution is 7.99. The van der Waals surface area contributed by atoms with Crippen molar-refractivity contribution < 1.29 is 19.1 Å². The second kappa shape index (κ2) is 4.89. The first kappa shape index (κ1) is 13.6. The number of amides is 1. The summed E-state index contributed by atoms with van der Waals surface area (Å²) in [7, 11) is 0. The Hall–Kier alpha value is -2.34. The summed E-state index contributed by atoms with van der Waals surface area (Å²) in [5.41, 5.74) is 1.35. The van der Waals surface area contributed by atoms with E-state index in [2.05, 4.69) is 5.32 Å². The van der Waals surface area contributed by atoms with E-state index in [0.29, 0.717) is 16.1 Å². The number of carbonyl (C=O) groups excluding carboxylic acids is 1. The van der Waals surface area contributed by atoms with Crippen molar-refractivity contribution >= 4 is 29.3 Å². The van der Waals surface area contributed by atoms with E-state index in [9.17, 15) is 14.0 Å². The zero-order chi connectivity index (χ0) is 15.1. The van der Waals surface area contributed by atoms with Gasteiger partial charge in [0, 0.05) is 4.90 Å². The molecule has 0 aliphatic carbocycles. The Morgan fingerprint density at radius 2 is 2.05 bits per heavy atom. The fraction of sp³-hybridized carbons (Fsp3) is 0.0667. The van der Waals surface area contributed by atoms with Gasteiger partial charge >= 0.3 is 5.97 Å². The zero-order valence-electron chi connectivity index (χ0n) is 10.9. The van der Waals surface area contributed by atoms with Gasteiger partial charge in [0.25, 0.3) is 5.91 Å². The number of carboxylic acid groups (broad SMARTS) is 1. The van der Waals surface area contributed by atoms with Crippen LogP contribution in [-0.4, -0.2) is 17.0 Å². The largest absolute Gasteiger partial charge is 0.478 e. The maximum atomic E-state index is 14.1. The van der Waals surface area contributed by atoms with Gasteiger partial charge in [0.2, 0.25) is 0 Å². The van der Waals surface area contributed by atoms with Crippen molar-refractivity contribution in [2.24, 2.45) is 0 Å². The minimum Gasteiger partial charge on any atom is -0.478 e. The molecule has 0 spiro atoms. The fourth-order valence-corrected chi connectivity index (χ4v) is 3.14. The number of aryl methyl sites for hydroxylation is 1. The monoisotopic (exact) mass is 303 g/mol. The molecule has 0 saturated heterocycles. The molecule has 0 bridgehead atoms. The lowest BCUT2D eigenvalue weighted by atomic mass is 10.1. The molecule has 1 heterocycles. The predicted molar refractivity (Wildman–Crippen MR) is 76.6 cm³/mol. The Kier molecular flexibility index (Phi) is 3.17. The lowest BCUT2D eigenvalue weighted by molar-refractivity contribution is 0.0696. The van der Waals surface area contributed by atoms with E-state index in [1.807, 2.05) is 0 Å². The van der Waals surface area contributed by atoms with Crippen LogP contribution in [0.2, 0.25) is 0 Å². The van der Waals surface area contributed by atoms with Crippen LogP contribution >= 0.6 is 11.8 Å². The zero-order valence-corrected chi connectivity index (χ0v) is 11.8. The summed E-state index contributed by atoms with van der Waals surface area (Å²) in [5.74, 6) is -1.98. The van der Waals surface area contributed by atoms with Crippen LogP contribution in [0.1, 0.15) is 26.3 Å². The first-order valence-electron chi connectivity index (χ1n) is 6.12. The van der Waals surface area contributed by atoms with Crippen molar-refractivity contribution in [3.05, 3.63) is 52.8 Å².